The van der Waals surface area contributed by atoms with Crippen molar-refractivity contribution in [2.75, 3.05) is 33.2 Å². The van der Waals surface area contributed by atoms with Crippen molar-refractivity contribution in [2.45, 2.75) is 81.1 Å². The maximum atomic E-state index is 4.37. The van der Waals surface area contributed by atoms with Crippen molar-refractivity contribution in [3.05, 3.63) is 5.32 Å². The molecule has 0 N–H and O–H groups in total. The number of likely N-dealkylation sites (tertiary alicyclic amines) is 1. The zero-order valence-electron chi connectivity index (χ0n) is 16.8. The molecule has 2 nitrogen and oxygen atoms in total. The molecule has 0 saturated carbocycles. The molecule has 2 saturated heterocycles. The summed E-state index contributed by atoms with van der Waals surface area (Å²) in [4.78, 5) is 2.44. The maximum Gasteiger partial charge on any atom is 0.000728 e. The minimum Gasteiger partial charge on any atom is -0.662 e. The molecule has 0 bridgehead atoms. The van der Waals surface area contributed by atoms with Gasteiger partial charge in [-0.25, -0.2) is 0 Å². The average molecular weight is 509 g/mol. The SMILES string of the molecule is C.CC(C)(C)CCC1CC[N-]C1.CN1CCC(CC(C)(C)C)C1.[W]. The van der Waals surface area contributed by atoms with Crippen LogP contribution in [0.5, 0.6) is 0 Å². The molecule has 0 aliphatic carbocycles. The van der Waals surface area contributed by atoms with Gasteiger partial charge in [0.25, 0.3) is 0 Å². The molecule has 2 heterocycles. The monoisotopic (exact) mass is 509 g/mol. The smallest absolute Gasteiger partial charge is 0.000728 e. The first-order chi connectivity index (χ1) is 10.1. The van der Waals surface area contributed by atoms with Crippen LogP contribution in [-0.4, -0.2) is 38.1 Å². The maximum absolute atomic E-state index is 4.37. The van der Waals surface area contributed by atoms with Gasteiger partial charge >= 0.3 is 0 Å². The van der Waals surface area contributed by atoms with Gasteiger partial charge in [0.05, 0.1) is 0 Å². The van der Waals surface area contributed by atoms with Crippen molar-refractivity contribution < 1.29 is 21.1 Å². The minimum absolute atomic E-state index is 0. The van der Waals surface area contributed by atoms with E-state index in [1.54, 1.807) is 0 Å². The zero-order chi connectivity index (χ0) is 16.8. The third-order valence-corrected chi connectivity index (χ3v) is 4.78. The predicted octanol–water partition coefficient (Wildman–Crippen LogP) is 6.21. The van der Waals surface area contributed by atoms with Crippen molar-refractivity contribution >= 4 is 0 Å². The Morgan fingerprint density at radius 2 is 1.58 bits per heavy atom. The Balaban J connectivity index is 0. The fourth-order valence-electron chi connectivity index (χ4n) is 3.57. The molecule has 146 valence electrons. The van der Waals surface area contributed by atoms with Crippen LogP contribution in [-0.2, 0) is 21.1 Å². The molecule has 0 radical (unpaired) electrons. The molecular weight excluding hydrogens is 464 g/mol. The van der Waals surface area contributed by atoms with E-state index in [0.717, 1.165) is 24.9 Å². The summed E-state index contributed by atoms with van der Waals surface area (Å²) >= 11 is 0. The van der Waals surface area contributed by atoms with Crippen molar-refractivity contribution in [1.82, 2.24) is 4.90 Å². The zero-order valence-corrected chi connectivity index (χ0v) is 19.8. The van der Waals surface area contributed by atoms with E-state index in [4.69, 9.17) is 0 Å². The van der Waals surface area contributed by atoms with E-state index in [1.165, 1.54) is 45.2 Å². The van der Waals surface area contributed by atoms with Gasteiger partial charge in [0.15, 0.2) is 0 Å². The van der Waals surface area contributed by atoms with Crippen LogP contribution in [0.3, 0.4) is 0 Å². The molecule has 24 heavy (non-hydrogen) atoms. The van der Waals surface area contributed by atoms with E-state index in [0.29, 0.717) is 10.8 Å². The third kappa shape index (κ3) is 13.8. The van der Waals surface area contributed by atoms with Gasteiger partial charge in [0.2, 0.25) is 0 Å². The van der Waals surface area contributed by atoms with Crippen molar-refractivity contribution in [1.29, 1.82) is 0 Å². The fraction of sp³-hybridized carbons (Fsp3) is 1.00. The Hall–Kier alpha value is 0.608. The summed E-state index contributed by atoms with van der Waals surface area (Å²) in [5.74, 6) is 1.87. The Kier molecular flexibility index (Phi) is 13.5. The van der Waals surface area contributed by atoms with E-state index < -0.39 is 0 Å². The topological polar surface area (TPSA) is 17.3 Å². The number of rotatable bonds is 3. The van der Waals surface area contributed by atoms with E-state index in [2.05, 4.69) is 58.8 Å². The van der Waals surface area contributed by atoms with Gasteiger partial charge in [-0.1, -0.05) is 67.7 Å². The van der Waals surface area contributed by atoms with Crippen LogP contribution in [0.15, 0.2) is 0 Å². The first-order valence-corrected chi connectivity index (χ1v) is 9.37. The van der Waals surface area contributed by atoms with Crippen LogP contribution in [0.2, 0.25) is 0 Å². The Morgan fingerprint density at radius 1 is 0.958 bits per heavy atom. The Labute approximate surface area is 168 Å². The number of nitrogens with zero attached hydrogens (tertiary/aromatic N) is 2. The Morgan fingerprint density at radius 3 is 1.96 bits per heavy atom. The largest absolute Gasteiger partial charge is 0.662 e. The van der Waals surface area contributed by atoms with E-state index in [9.17, 15) is 0 Å². The molecule has 2 rings (SSSR count). The van der Waals surface area contributed by atoms with Gasteiger partial charge in [-0.05, 0) is 49.6 Å². The third-order valence-electron chi connectivity index (χ3n) is 4.78. The number of hydrogen-bond donors (Lipinski definition) is 0. The van der Waals surface area contributed by atoms with Crippen molar-refractivity contribution in [2.24, 2.45) is 22.7 Å². The average Bonchev–Trinajstić information content (AvgIpc) is 2.96. The normalized spacial score (nSPS) is 24.6. The summed E-state index contributed by atoms with van der Waals surface area (Å²) in [6.07, 6.45) is 6.88. The minimum atomic E-state index is 0. The molecule has 0 spiro atoms. The molecule has 3 heteroatoms. The van der Waals surface area contributed by atoms with Crippen LogP contribution >= 0.6 is 0 Å². The fourth-order valence-corrected chi connectivity index (χ4v) is 3.57. The molecule has 2 aliphatic heterocycles. The second-order valence-electron chi connectivity index (χ2n) is 10.1. The standard InChI is InChI=1S/C10H21N.C10H20N.CH4.W/c1-10(2,3)7-9-5-6-11(4)8-9;1-10(2,3)6-4-9-5-7-11-8-9;;/h9H,5-8H2,1-4H3;9H,4-8H2,1-3H3;1H4;/q;-1;;. The molecule has 0 aromatic carbocycles. The molecule has 0 aromatic rings. The van der Waals surface area contributed by atoms with Crippen molar-refractivity contribution in [3.63, 3.8) is 0 Å². The molecule has 2 fully saturated rings. The van der Waals surface area contributed by atoms with Gasteiger partial charge in [-0.2, -0.15) is 0 Å². The number of hydrogen-bond acceptors (Lipinski definition) is 1. The first kappa shape index (κ1) is 26.8. The molecule has 0 amide bonds. The van der Waals surface area contributed by atoms with E-state index in [1.807, 2.05) is 0 Å². The van der Waals surface area contributed by atoms with E-state index >= 15 is 0 Å². The molecular formula is C21H45N2W-. The van der Waals surface area contributed by atoms with Gasteiger partial charge in [0, 0.05) is 27.6 Å². The summed E-state index contributed by atoms with van der Waals surface area (Å²) in [7, 11) is 2.22. The Bertz CT molecular complexity index is 298. The van der Waals surface area contributed by atoms with E-state index in [-0.39, 0.29) is 28.5 Å². The quantitative estimate of drug-likeness (QED) is 0.442. The molecule has 2 aliphatic rings. The van der Waals surface area contributed by atoms with Gasteiger partial charge in [-0.3, -0.25) is 0 Å². The predicted molar refractivity (Wildman–Crippen MR) is 106 cm³/mol. The van der Waals surface area contributed by atoms with Gasteiger partial charge < -0.3 is 10.2 Å². The first-order valence-electron chi connectivity index (χ1n) is 9.37. The summed E-state index contributed by atoms with van der Waals surface area (Å²) in [6, 6.07) is 0. The summed E-state index contributed by atoms with van der Waals surface area (Å²) in [5.41, 5.74) is 1.04. The molecule has 0 aromatic heterocycles. The van der Waals surface area contributed by atoms with Crippen LogP contribution in [0, 0.1) is 22.7 Å². The second-order valence-corrected chi connectivity index (χ2v) is 10.1. The van der Waals surface area contributed by atoms with Crippen LogP contribution < -0.4 is 0 Å². The second kappa shape index (κ2) is 12.1. The summed E-state index contributed by atoms with van der Waals surface area (Å²) < 4.78 is 0. The van der Waals surface area contributed by atoms with Crippen LogP contribution in [0.4, 0.5) is 0 Å². The van der Waals surface area contributed by atoms with Gasteiger partial charge in [0.1, 0.15) is 0 Å². The van der Waals surface area contributed by atoms with Crippen LogP contribution in [0.25, 0.3) is 5.32 Å². The molecule has 2 atom stereocenters. The molecule has 2 unspecified atom stereocenters. The van der Waals surface area contributed by atoms with Crippen molar-refractivity contribution in [3.8, 4) is 0 Å². The van der Waals surface area contributed by atoms with Crippen LogP contribution in [0.1, 0.15) is 81.1 Å². The summed E-state index contributed by atoms with van der Waals surface area (Å²) in [6.45, 7) is 18.8. The van der Waals surface area contributed by atoms with Gasteiger partial charge in [-0.15, -0.1) is 13.1 Å². The summed E-state index contributed by atoms with van der Waals surface area (Å²) in [5, 5.41) is 4.37.